The molecule has 3 atom stereocenters. The van der Waals surface area contributed by atoms with Gasteiger partial charge < -0.3 is 15.4 Å². The average Bonchev–Trinajstić information content (AvgIpc) is 2.78. The molecule has 3 aliphatic heterocycles. The number of amidine groups is 1. The smallest absolute Gasteiger partial charge is 0.0991 e. The Kier molecular flexibility index (Phi) is 3.85. The Morgan fingerprint density at radius 3 is 3.00 bits per heavy atom. The summed E-state index contributed by atoms with van der Waals surface area (Å²) in [5, 5.41) is 0. The number of fused-ring (bicyclic) bond motifs is 1. The molecule has 2 saturated heterocycles. The summed E-state index contributed by atoms with van der Waals surface area (Å²) < 4.78 is 5.77. The molecule has 0 aromatic heterocycles. The van der Waals surface area contributed by atoms with Crippen LogP contribution in [0.5, 0.6) is 0 Å². The van der Waals surface area contributed by atoms with Gasteiger partial charge >= 0.3 is 0 Å². The van der Waals surface area contributed by atoms with E-state index in [1.807, 2.05) is 0 Å². The summed E-state index contributed by atoms with van der Waals surface area (Å²) in [6.45, 7) is 5.06. The van der Waals surface area contributed by atoms with E-state index in [1.165, 1.54) is 44.6 Å². The van der Waals surface area contributed by atoms with Gasteiger partial charge in [0.1, 0.15) is 0 Å². The minimum absolute atomic E-state index is 0.308. The molecule has 0 aliphatic carbocycles. The van der Waals surface area contributed by atoms with Gasteiger partial charge in [0.25, 0.3) is 0 Å². The summed E-state index contributed by atoms with van der Waals surface area (Å²) in [5.41, 5.74) is 5.71. The molecule has 102 valence electrons. The molecule has 0 saturated carbocycles. The highest BCUT2D eigenvalue weighted by atomic mass is 16.5. The molecule has 0 spiro atoms. The lowest BCUT2D eigenvalue weighted by Crippen LogP contribution is -2.36. The average molecular weight is 251 g/mol. The third-order valence-corrected chi connectivity index (χ3v) is 4.73. The first-order chi connectivity index (χ1) is 8.86. The molecule has 0 aromatic rings. The van der Waals surface area contributed by atoms with Crippen LogP contribution in [-0.2, 0) is 4.74 Å². The molecule has 3 aliphatic rings. The molecule has 0 radical (unpaired) electrons. The first kappa shape index (κ1) is 12.4. The maximum atomic E-state index is 5.77. The van der Waals surface area contributed by atoms with Crippen LogP contribution < -0.4 is 5.73 Å². The van der Waals surface area contributed by atoms with Gasteiger partial charge in [-0.25, -0.2) is 0 Å². The molecule has 2 unspecified atom stereocenters. The number of hydrogen-bond donors (Lipinski definition) is 1. The summed E-state index contributed by atoms with van der Waals surface area (Å²) in [7, 11) is 0. The fourth-order valence-corrected chi connectivity index (χ4v) is 3.64. The second kappa shape index (κ2) is 5.57. The van der Waals surface area contributed by atoms with Crippen molar-refractivity contribution in [2.75, 3.05) is 32.8 Å². The van der Waals surface area contributed by atoms with Gasteiger partial charge in [-0.05, 0) is 37.5 Å². The first-order valence-electron chi connectivity index (χ1n) is 7.46. The largest absolute Gasteiger partial charge is 0.377 e. The fourth-order valence-electron chi connectivity index (χ4n) is 3.64. The fraction of sp³-hybridized carbons (Fsp3) is 0.929. The SMILES string of the molecule is NC[C@@H]1CC(C2CCCN3CCCN=C3C2)CO1. The van der Waals surface area contributed by atoms with Gasteiger partial charge in [0, 0.05) is 32.6 Å². The predicted octanol–water partition coefficient (Wildman–Crippen LogP) is 1.25. The maximum absolute atomic E-state index is 5.77. The highest BCUT2D eigenvalue weighted by Crippen LogP contribution is 2.34. The third kappa shape index (κ3) is 2.54. The molecule has 18 heavy (non-hydrogen) atoms. The van der Waals surface area contributed by atoms with Crippen molar-refractivity contribution in [1.29, 1.82) is 0 Å². The zero-order valence-corrected chi connectivity index (χ0v) is 11.2. The van der Waals surface area contributed by atoms with Crippen molar-refractivity contribution in [2.45, 2.75) is 38.2 Å². The zero-order valence-electron chi connectivity index (χ0n) is 11.2. The number of ether oxygens (including phenoxy) is 1. The summed E-state index contributed by atoms with van der Waals surface area (Å²) >= 11 is 0. The Morgan fingerprint density at radius 1 is 1.28 bits per heavy atom. The monoisotopic (exact) mass is 251 g/mol. The Labute approximate surface area is 110 Å². The van der Waals surface area contributed by atoms with Crippen LogP contribution >= 0.6 is 0 Å². The molecular formula is C14H25N3O. The minimum atomic E-state index is 0.308. The lowest BCUT2D eigenvalue weighted by molar-refractivity contribution is 0.108. The molecule has 3 heterocycles. The topological polar surface area (TPSA) is 50.8 Å². The van der Waals surface area contributed by atoms with E-state index >= 15 is 0 Å². The van der Waals surface area contributed by atoms with Crippen LogP contribution in [0.25, 0.3) is 0 Å². The Balaban J connectivity index is 1.64. The number of rotatable bonds is 2. The maximum Gasteiger partial charge on any atom is 0.0991 e. The van der Waals surface area contributed by atoms with Crippen molar-refractivity contribution in [3.05, 3.63) is 0 Å². The van der Waals surface area contributed by atoms with E-state index < -0.39 is 0 Å². The number of nitrogens with zero attached hydrogens (tertiary/aromatic N) is 2. The standard InChI is InChI=1S/C14H25N3O/c15-9-13-7-12(10-18-13)11-3-1-5-17-6-2-4-16-14(17)8-11/h11-13H,1-10,15H2/t11?,12?,13-/m0/s1. The molecule has 4 heteroatoms. The molecule has 3 rings (SSSR count). The van der Waals surface area contributed by atoms with E-state index in [9.17, 15) is 0 Å². The van der Waals surface area contributed by atoms with E-state index in [-0.39, 0.29) is 0 Å². The van der Waals surface area contributed by atoms with Gasteiger partial charge in [-0.15, -0.1) is 0 Å². The van der Waals surface area contributed by atoms with Gasteiger partial charge in [0.2, 0.25) is 0 Å². The van der Waals surface area contributed by atoms with Crippen molar-refractivity contribution < 1.29 is 4.74 Å². The second-order valence-corrected chi connectivity index (χ2v) is 5.93. The highest BCUT2D eigenvalue weighted by Gasteiger charge is 2.34. The first-order valence-corrected chi connectivity index (χ1v) is 7.46. The van der Waals surface area contributed by atoms with Gasteiger partial charge in [-0.3, -0.25) is 4.99 Å². The molecular weight excluding hydrogens is 226 g/mol. The van der Waals surface area contributed by atoms with Gasteiger partial charge in [0.15, 0.2) is 0 Å². The predicted molar refractivity (Wildman–Crippen MR) is 72.7 cm³/mol. The molecule has 0 amide bonds. The lowest BCUT2D eigenvalue weighted by atomic mass is 9.84. The van der Waals surface area contributed by atoms with Crippen LogP contribution in [0.2, 0.25) is 0 Å². The van der Waals surface area contributed by atoms with Crippen molar-refractivity contribution in [1.82, 2.24) is 4.90 Å². The Morgan fingerprint density at radius 2 is 2.17 bits per heavy atom. The molecule has 0 bridgehead atoms. The van der Waals surface area contributed by atoms with Crippen molar-refractivity contribution in [3.8, 4) is 0 Å². The van der Waals surface area contributed by atoms with E-state index in [0.717, 1.165) is 25.5 Å². The van der Waals surface area contributed by atoms with E-state index in [0.29, 0.717) is 18.6 Å². The molecule has 2 N–H and O–H groups in total. The van der Waals surface area contributed by atoms with Gasteiger partial charge in [-0.2, -0.15) is 0 Å². The number of nitrogens with two attached hydrogens (primary N) is 1. The van der Waals surface area contributed by atoms with E-state index in [1.54, 1.807) is 0 Å². The van der Waals surface area contributed by atoms with E-state index in [4.69, 9.17) is 15.5 Å². The summed E-state index contributed by atoms with van der Waals surface area (Å²) in [5.74, 6) is 2.85. The van der Waals surface area contributed by atoms with Crippen molar-refractivity contribution in [3.63, 3.8) is 0 Å². The van der Waals surface area contributed by atoms with Crippen LogP contribution in [0.15, 0.2) is 4.99 Å². The molecule has 4 nitrogen and oxygen atoms in total. The highest BCUT2D eigenvalue weighted by molar-refractivity contribution is 5.83. The molecule has 2 fully saturated rings. The van der Waals surface area contributed by atoms with Crippen LogP contribution in [0.3, 0.4) is 0 Å². The zero-order chi connectivity index (χ0) is 12.4. The van der Waals surface area contributed by atoms with Gasteiger partial charge in [0.05, 0.1) is 18.5 Å². The second-order valence-electron chi connectivity index (χ2n) is 5.93. The molecule has 0 aromatic carbocycles. The van der Waals surface area contributed by atoms with E-state index in [2.05, 4.69) is 4.90 Å². The van der Waals surface area contributed by atoms with Crippen LogP contribution in [0, 0.1) is 11.8 Å². The summed E-state index contributed by atoms with van der Waals surface area (Å²) in [4.78, 5) is 7.26. The minimum Gasteiger partial charge on any atom is -0.377 e. The Hall–Kier alpha value is -0.610. The number of hydrogen-bond acceptors (Lipinski definition) is 4. The van der Waals surface area contributed by atoms with Gasteiger partial charge in [-0.1, -0.05) is 0 Å². The normalized spacial score (nSPS) is 37.1. The van der Waals surface area contributed by atoms with Crippen LogP contribution in [0.1, 0.15) is 32.1 Å². The third-order valence-electron chi connectivity index (χ3n) is 4.73. The summed E-state index contributed by atoms with van der Waals surface area (Å²) in [6.07, 6.45) is 6.52. The summed E-state index contributed by atoms with van der Waals surface area (Å²) in [6, 6.07) is 0. The number of aliphatic imine (C=N–C) groups is 1. The quantitative estimate of drug-likeness (QED) is 0.803. The van der Waals surface area contributed by atoms with Crippen LogP contribution in [-0.4, -0.2) is 49.6 Å². The van der Waals surface area contributed by atoms with Crippen molar-refractivity contribution >= 4 is 5.84 Å². The Bertz CT molecular complexity index is 318. The lowest BCUT2D eigenvalue weighted by Gasteiger charge is -2.29. The van der Waals surface area contributed by atoms with Crippen LogP contribution in [0.4, 0.5) is 0 Å². The van der Waals surface area contributed by atoms with Crippen molar-refractivity contribution in [2.24, 2.45) is 22.6 Å².